The first-order valence-electron chi connectivity index (χ1n) is 6.28. The molecule has 1 atom stereocenters. The Morgan fingerprint density at radius 2 is 1.74 bits per heavy atom. The highest BCUT2D eigenvalue weighted by molar-refractivity contribution is 5.99. The summed E-state index contributed by atoms with van der Waals surface area (Å²) in [4.78, 5) is 4.51. The lowest BCUT2D eigenvalue weighted by molar-refractivity contribution is 0.526. The van der Waals surface area contributed by atoms with Gasteiger partial charge in [0.15, 0.2) is 5.76 Å². The third-order valence-electron chi connectivity index (χ3n) is 3.42. The number of furan rings is 1. The summed E-state index contributed by atoms with van der Waals surface area (Å²) in [5.74, 6) is 0.884. The SMILES string of the molecule is C1=NC(c2ccccc2)c2oc3ccccc3c2N1. The second-order valence-corrected chi connectivity index (χ2v) is 4.57. The van der Waals surface area contributed by atoms with Crippen molar-refractivity contribution in [3.05, 3.63) is 65.9 Å². The van der Waals surface area contributed by atoms with E-state index < -0.39 is 0 Å². The molecule has 92 valence electrons. The van der Waals surface area contributed by atoms with Gasteiger partial charge in [-0.3, -0.25) is 4.99 Å². The fourth-order valence-electron chi connectivity index (χ4n) is 2.52. The van der Waals surface area contributed by atoms with Gasteiger partial charge in [-0.2, -0.15) is 0 Å². The van der Waals surface area contributed by atoms with Gasteiger partial charge in [-0.1, -0.05) is 42.5 Å². The second kappa shape index (κ2) is 3.99. The number of hydrogen-bond acceptors (Lipinski definition) is 3. The first-order chi connectivity index (χ1) is 9.43. The molecule has 0 amide bonds. The zero-order valence-corrected chi connectivity index (χ0v) is 10.2. The van der Waals surface area contributed by atoms with Gasteiger partial charge in [0.05, 0.1) is 12.0 Å². The average Bonchev–Trinajstić information content (AvgIpc) is 2.87. The Bertz CT molecular complexity index is 759. The molecule has 1 aliphatic heterocycles. The molecule has 19 heavy (non-hydrogen) atoms. The van der Waals surface area contributed by atoms with Crippen LogP contribution in [0.1, 0.15) is 17.4 Å². The Morgan fingerprint density at radius 3 is 2.63 bits per heavy atom. The van der Waals surface area contributed by atoms with E-state index >= 15 is 0 Å². The minimum Gasteiger partial charge on any atom is -0.456 e. The molecule has 3 nitrogen and oxygen atoms in total. The minimum absolute atomic E-state index is 0.0650. The van der Waals surface area contributed by atoms with E-state index in [1.165, 1.54) is 0 Å². The van der Waals surface area contributed by atoms with Crippen LogP contribution >= 0.6 is 0 Å². The van der Waals surface area contributed by atoms with Gasteiger partial charge >= 0.3 is 0 Å². The summed E-state index contributed by atoms with van der Waals surface area (Å²) in [5.41, 5.74) is 3.06. The molecule has 2 heterocycles. The standard InChI is InChI=1S/C16H12N2O/c1-2-6-11(7-3-1)14-16-15(18-10-17-14)12-8-4-5-9-13(12)19-16/h1-10,14H,(H,17,18). The van der Waals surface area contributed by atoms with Crippen LogP contribution in [-0.2, 0) is 0 Å². The molecular formula is C16H12N2O. The molecule has 2 aromatic carbocycles. The number of hydrogen-bond donors (Lipinski definition) is 1. The van der Waals surface area contributed by atoms with Crippen molar-refractivity contribution >= 4 is 23.0 Å². The number of nitrogens with one attached hydrogen (secondary N) is 1. The van der Waals surface area contributed by atoms with Crippen LogP contribution in [0, 0.1) is 0 Å². The van der Waals surface area contributed by atoms with Gasteiger partial charge < -0.3 is 9.73 Å². The Morgan fingerprint density at radius 1 is 0.947 bits per heavy atom. The van der Waals surface area contributed by atoms with Gasteiger partial charge in [0.2, 0.25) is 0 Å². The van der Waals surface area contributed by atoms with Crippen LogP contribution in [0.4, 0.5) is 5.69 Å². The van der Waals surface area contributed by atoms with E-state index in [4.69, 9.17) is 4.42 Å². The summed E-state index contributed by atoms with van der Waals surface area (Å²) < 4.78 is 5.98. The molecule has 3 heteroatoms. The first-order valence-corrected chi connectivity index (χ1v) is 6.28. The number of anilines is 1. The predicted molar refractivity (Wildman–Crippen MR) is 76.6 cm³/mol. The largest absolute Gasteiger partial charge is 0.456 e. The number of fused-ring (bicyclic) bond motifs is 3. The van der Waals surface area contributed by atoms with Crippen molar-refractivity contribution in [3.63, 3.8) is 0 Å². The lowest BCUT2D eigenvalue weighted by Gasteiger charge is -2.16. The van der Waals surface area contributed by atoms with Gasteiger partial charge in [-0.05, 0) is 17.7 Å². The molecule has 0 radical (unpaired) electrons. The molecule has 0 saturated carbocycles. The Balaban J connectivity index is 1.93. The molecule has 3 aromatic rings. The van der Waals surface area contributed by atoms with Crippen LogP contribution in [0.5, 0.6) is 0 Å². The highest BCUT2D eigenvalue weighted by Crippen LogP contribution is 2.40. The molecule has 1 aromatic heterocycles. The summed E-state index contributed by atoms with van der Waals surface area (Å²) >= 11 is 0. The summed E-state index contributed by atoms with van der Waals surface area (Å²) in [7, 11) is 0. The average molecular weight is 248 g/mol. The molecular weight excluding hydrogens is 236 g/mol. The van der Waals surface area contributed by atoms with E-state index in [0.717, 1.165) is 28.0 Å². The van der Waals surface area contributed by atoms with E-state index in [-0.39, 0.29) is 6.04 Å². The van der Waals surface area contributed by atoms with Crippen LogP contribution in [0.2, 0.25) is 0 Å². The molecule has 1 unspecified atom stereocenters. The van der Waals surface area contributed by atoms with Gasteiger partial charge in [-0.15, -0.1) is 0 Å². The van der Waals surface area contributed by atoms with Gasteiger partial charge in [0, 0.05) is 5.39 Å². The molecule has 0 bridgehead atoms. The normalized spacial score (nSPS) is 17.2. The van der Waals surface area contributed by atoms with Crippen molar-refractivity contribution < 1.29 is 4.42 Å². The van der Waals surface area contributed by atoms with Gasteiger partial charge in [-0.25, -0.2) is 0 Å². The Labute approximate surface area is 110 Å². The third-order valence-corrected chi connectivity index (χ3v) is 3.42. The fraction of sp³-hybridized carbons (Fsp3) is 0.0625. The summed E-state index contributed by atoms with van der Waals surface area (Å²) in [6.07, 6.45) is 1.75. The second-order valence-electron chi connectivity index (χ2n) is 4.57. The van der Waals surface area contributed by atoms with Crippen LogP contribution in [-0.4, -0.2) is 6.34 Å². The number of benzene rings is 2. The summed E-state index contributed by atoms with van der Waals surface area (Å²) in [6.45, 7) is 0. The molecule has 4 rings (SSSR count). The van der Waals surface area contributed by atoms with Crippen molar-refractivity contribution in [3.8, 4) is 0 Å². The van der Waals surface area contributed by atoms with E-state index in [1.807, 2.05) is 36.4 Å². The maximum atomic E-state index is 5.98. The fourth-order valence-corrected chi connectivity index (χ4v) is 2.52. The van der Waals surface area contributed by atoms with Crippen molar-refractivity contribution in [2.24, 2.45) is 4.99 Å². The van der Waals surface area contributed by atoms with Gasteiger partial charge in [0.25, 0.3) is 0 Å². The monoisotopic (exact) mass is 248 g/mol. The predicted octanol–water partition coefficient (Wildman–Crippen LogP) is 3.98. The van der Waals surface area contributed by atoms with Crippen LogP contribution < -0.4 is 5.32 Å². The van der Waals surface area contributed by atoms with E-state index in [1.54, 1.807) is 6.34 Å². The van der Waals surface area contributed by atoms with Crippen molar-refractivity contribution in [2.75, 3.05) is 5.32 Å². The third kappa shape index (κ3) is 1.55. The van der Waals surface area contributed by atoms with E-state index in [2.05, 4.69) is 28.5 Å². The Hall–Kier alpha value is -2.55. The highest BCUT2D eigenvalue weighted by Gasteiger charge is 2.25. The van der Waals surface area contributed by atoms with Crippen LogP contribution in [0.3, 0.4) is 0 Å². The molecule has 0 fully saturated rings. The van der Waals surface area contributed by atoms with Gasteiger partial charge in [0.1, 0.15) is 11.6 Å². The Kier molecular flexibility index (Phi) is 2.18. The number of para-hydroxylation sites is 1. The molecule has 0 aliphatic carbocycles. The van der Waals surface area contributed by atoms with Crippen molar-refractivity contribution in [1.29, 1.82) is 0 Å². The van der Waals surface area contributed by atoms with Crippen molar-refractivity contribution in [1.82, 2.24) is 0 Å². The summed E-state index contributed by atoms with van der Waals surface area (Å²) in [6, 6.07) is 18.2. The maximum absolute atomic E-state index is 5.98. The lowest BCUT2D eigenvalue weighted by Crippen LogP contribution is -2.09. The van der Waals surface area contributed by atoms with E-state index in [9.17, 15) is 0 Å². The maximum Gasteiger partial charge on any atom is 0.157 e. The molecule has 0 spiro atoms. The van der Waals surface area contributed by atoms with Crippen molar-refractivity contribution in [2.45, 2.75) is 6.04 Å². The number of aliphatic imine (C=N–C) groups is 1. The molecule has 1 aliphatic rings. The van der Waals surface area contributed by atoms with E-state index in [0.29, 0.717) is 0 Å². The quantitative estimate of drug-likeness (QED) is 0.707. The first kappa shape index (κ1) is 10.4. The summed E-state index contributed by atoms with van der Waals surface area (Å²) in [5, 5.41) is 4.30. The number of nitrogens with zero attached hydrogens (tertiary/aromatic N) is 1. The highest BCUT2D eigenvalue weighted by atomic mass is 16.3. The lowest BCUT2D eigenvalue weighted by atomic mass is 10.0. The smallest absolute Gasteiger partial charge is 0.157 e. The molecule has 1 N–H and O–H groups in total. The van der Waals surface area contributed by atoms with Crippen LogP contribution in [0.25, 0.3) is 11.0 Å². The zero-order chi connectivity index (χ0) is 12.7. The number of rotatable bonds is 1. The zero-order valence-electron chi connectivity index (χ0n) is 10.2. The molecule has 0 saturated heterocycles. The topological polar surface area (TPSA) is 37.5 Å². The minimum atomic E-state index is -0.0650. The van der Waals surface area contributed by atoms with Crippen LogP contribution in [0.15, 0.2) is 64.0 Å².